The van der Waals surface area contributed by atoms with Crippen molar-refractivity contribution >= 4 is 11.3 Å². The summed E-state index contributed by atoms with van der Waals surface area (Å²) in [6.07, 6.45) is -1.07. The van der Waals surface area contributed by atoms with E-state index in [2.05, 4.69) is 4.98 Å². The molecule has 0 bridgehead atoms. The molecule has 0 aliphatic heterocycles. The third-order valence-corrected chi connectivity index (χ3v) is 8.04. The lowest BCUT2D eigenvalue weighted by molar-refractivity contribution is -0.220. The molecule has 0 saturated carbocycles. The summed E-state index contributed by atoms with van der Waals surface area (Å²) in [6, 6.07) is 38.4. The van der Waals surface area contributed by atoms with Gasteiger partial charge in [0.15, 0.2) is 0 Å². The first-order valence-electron chi connectivity index (χ1n) is 14.7. The number of aliphatic hydroxyl groups is 1. The summed E-state index contributed by atoms with van der Waals surface area (Å²) in [5.74, 6) is 0. The monoisotopic (exact) mass is 610 g/mol. The zero-order valence-electron chi connectivity index (χ0n) is 24.5. The van der Waals surface area contributed by atoms with Gasteiger partial charge in [0.1, 0.15) is 29.4 Å². The third kappa shape index (κ3) is 9.38. The molecule has 1 aromatic heterocycles. The molecule has 0 fully saturated rings. The zero-order chi connectivity index (χ0) is 30.4. The SMILES string of the molecule is O[C@H](COCc1ccccc1)[C@H](OCc1ccccc1)[C@H](OCc1ccccc1)C(c1nccs1)N(O)Cc1ccccc1. The molecule has 0 radical (unpaired) electrons. The number of hydrogen-bond donors (Lipinski definition) is 2. The number of rotatable bonds is 17. The predicted molar refractivity (Wildman–Crippen MR) is 171 cm³/mol. The van der Waals surface area contributed by atoms with Crippen molar-refractivity contribution in [3.8, 4) is 0 Å². The van der Waals surface area contributed by atoms with E-state index >= 15 is 0 Å². The van der Waals surface area contributed by atoms with Gasteiger partial charge in [-0.25, -0.2) is 4.98 Å². The maximum atomic E-state index is 11.7. The predicted octanol–water partition coefficient (Wildman–Crippen LogP) is 6.82. The lowest BCUT2D eigenvalue weighted by Crippen LogP contribution is -2.50. The van der Waals surface area contributed by atoms with E-state index in [1.54, 1.807) is 6.20 Å². The molecule has 2 N–H and O–H groups in total. The van der Waals surface area contributed by atoms with Crippen molar-refractivity contribution in [1.82, 2.24) is 10.0 Å². The van der Waals surface area contributed by atoms with E-state index in [0.717, 1.165) is 22.3 Å². The smallest absolute Gasteiger partial charge is 0.116 e. The van der Waals surface area contributed by atoms with Crippen LogP contribution in [0.1, 0.15) is 33.3 Å². The first-order chi connectivity index (χ1) is 21.7. The molecule has 0 saturated heterocycles. The minimum absolute atomic E-state index is 0.00819. The van der Waals surface area contributed by atoms with Crippen LogP contribution in [0.5, 0.6) is 0 Å². The van der Waals surface area contributed by atoms with Gasteiger partial charge in [0.25, 0.3) is 0 Å². The normalized spacial score (nSPS) is 14.2. The van der Waals surface area contributed by atoms with Crippen molar-refractivity contribution in [3.63, 3.8) is 0 Å². The third-order valence-electron chi connectivity index (χ3n) is 7.20. The number of aliphatic hydroxyl groups excluding tert-OH is 1. The summed E-state index contributed by atoms with van der Waals surface area (Å²) >= 11 is 1.42. The van der Waals surface area contributed by atoms with Crippen molar-refractivity contribution < 1.29 is 24.5 Å². The van der Waals surface area contributed by atoms with Gasteiger partial charge in [-0.15, -0.1) is 11.3 Å². The van der Waals surface area contributed by atoms with Crippen molar-refractivity contribution in [1.29, 1.82) is 0 Å². The molecular formula is C36H38N2O5S. The molecule has 7 nitrogen and oxygen atoms in total. The topological polar surface area (TPSA) is 84.3 Å². The second kappa shape index (κ2) is 16.9. The van der Waals surface area contributed by atoms with Gasteiger partial charge in [0.05, 0.1) is 26.4 Å². The lowest BCUT2D eigenvalue weighted by atomic mass is 9.99. The molecule has 1 heterocycles. The van der Waals surface area contributed by atoms with Crippen LogP contribution in [0.3, 0.4) is 0 Å². The van der Waals surface area contributed by atoms with Gasteiger partial charge < -0.3 is 24.5 Å². The standard InChI is InChI=1S/C36H38N2O5S/c39-32(27-41-24-29-15-7-2-8-16-29)34(42-25-30-17-9-3-10-18-30)35(43-26-31-19-11-4-12-20-31)33(36-37-21-22-44-36)38(40)23-28-13-5-1-6-14-28/h1-22,32-35,39-40H,23-27H2/t32-,33?,34+,35-/m1/s1. The molecule has 1 unspecified atom stereocenters. The van der Waals surface area contributed by atoms with Crippen LogP contribution in [0.15, 0.2) is 133 Å². The fourth-order valence-electron chi connectivity index (χ4n) is 4.98. The van der Waals surface area contributed by atoms with E-state index in [-0.39, 0.29) is 26.4 Å². The minimum Gasteiger partial charge on any atom is -0.388 e. The number of ether oxygens (including phenoxy) is 3. The van der Waals surface area contributed by atoms with Crippen LogP contribution in [-0.2, 0) is 40.6 Å². The van der Waals surface area contributed by atoms with Crippen LogP contribution < -0.4 is 0 Å². The lowest BCUT2D eigenvalue weighted by Gasteiger charge is -2.38. The molecule has 8 heteroatoms. The Kier molecular flexibility index (Phi) is 12.2. The number of hydroxylamine groups is 2. The molecule has 0 aliphatic carbocycles. The van der Waals surface area contributed by atoms with Gasteiger partial charge in [0.2, 0.25) is 0 Å². The highest BCUT2D eigenvalue weighted by molar-refractivity contribution is 7.09. The van der Waals surface area contributed by atoms with Crippen LogP contribution in [0.4, 0.5) is 0 Å². The molecule has 0 spiro atoms. The van der Waals surface area contributed by atoms with Gasteiger partial charge in [-0.2, -0.15) is 5.06 Å². The second-order valence-electron chi connectivity index (χ2n) is 10.5. The summed E-state index contributed by atoms with van der Waals surface area (Å²) < 4.78 is 19.1. The van der Waals surface area contributed by atoms with E-state index < -0.39 is 24.4 Å². The summed E-state index contributed by atoms with van der Waals surface area (Å²) in [7, 11) is 0. The van der Waals surface area contributed by atoms with Crippen LogP contribution in [0, 0.1) is 0 Å². The summed E-state index contributed by atoms with van der Waals surface area (Å²) in [5.41, 5.74) is 3.84. The molecule has 228 valence electrons. The van der Waals surface area contributed by atoms with Gasteiger partial charge in [0, 0.05) is 18.1 Å². The van der Waals surface area contributed by atoms with Gasteiger partial charge in [-0.1, -0.05) is 121 Å². The van der Waals surface area contributed by atoms with Crippen LogP contribution in [0.25, 0.3) is 0 Å². The molecule has 0 amide bonds. The molecule has 4 aromatic carbocycles. The maximum Gasteiger partial charge on any atom is 0.116 e. The van der Waals surface area contributed by atoms with Crippen LogP contribution >= 0.6 is 11.3 Å². The molecule has 5 rings (SSSR count). The second-order valence-corrected chi connectivity index (χ2v) is 11.4. The van der Waals surface area contributed by atoms with Crippen molar-refractivity contribution in [2.45, 2.75) is 50.7 Å². The Labute approximate surface area is 262 Å². The zero-order valence-corrected chi connectivity index (χ0v) is 25.3. The Bertz CT molecular complexity index is 1460. The first kappa shape index (κ1) is 31.7. The number of nitrogens with zero attached hydrogens (tertiary/aromatic N) is 2. The van der Waals surface area contributed by atoms with E-state index in [0.29, 0.717) is 11.6 Å². The quantitative estimate of drug-likeness (QED) is 0.112. The molecule has 5 aromatic rings. The highest BCUT2D eigenvalue weighted by atomic mass is 32.1. The maximum absolute atomic E-state index is 11.7. The highest BCUT2D eigenvalue weighted by Gasteiger charge is 2.41. The molecule has 4 atom stereocenters. The van der Waals surface area contributed by atoms with Crippen molar-refractivity contribution in [2.24, 2.45) is 0 Å². The number of hydrogen-bond acceptors (Lipinski definition) is 8. The molecular weight excluding hydrogens is 572 g/mol. The van der Waals surface area contributed by atoms with Crippen LogP contribution in [0.2, 0.25) is 0 Å². The van der Waals surface area contributed by atoms with E-state index in [4.69, 9.17) is 14.2 Å². The first-order valence-corrected chi connectivity index (χ1v) is 15.5. The van der Waals surface area contributed by atoms with Gasteiger partial charge >= 0.3 is 0 Å². The van der Waals surface area contributed by atoms with Gasteiger partial charge in [-0.3, -0.25) is 0 Å². The van der Waals surface area contributed by atoms with E-state index in [1.165, 1.54) is 16.4 Å². The van der Waals surface area contributed by atoms with Gasteiger partial charge in [-0.05, 0) is 22.3 Å². The van der Waals surface area contributed by atoms with Crippen LogP contribution in [-0.4, -0.2) is 45.3 Å². The largest absolute Gasteiger partial charge is 0.388 e. The Hall–Kier alpha value is -3.73. The Morgan fingerprint density at radius 2 is 1.11 bits per heavy atom. The average molecular weight is 611 g/mol. The minimum atomic E-state index is -1.07. The fourth-order valence-corrected chi connectivity index (χ4v) is 5.76. The number of thiazole rings is 1. The van der Waals surface area contributed by atoms with Crippen molar-refractivity contribution in [3.05, 3.63) is 160 Å². The Morgan fingerprint density at radius 3 is 1.61 bits per heavy atom. The molecule has 44 heavy (non-hydrogen) atoms. The molecule has 0 aliphatic rings. The number of aromatic nitrogens is 1. The van der Waals surface area contributed by atoms with Crippen molar-refractivity contribution in [2.75, 3.05) is 6.61 Å². The van der Waals surface area contributed by atoms with E-state index in [1.807, 2.05) is 127 Å². The fraction of sp³-hybridized carbons (Fsp3) is 0.250. The summed E-state index contributed by atoms with van der Waals surface area (Å²) in [4.78, 5) is 4.59. The Morgan fingerprint density at radius 1 is 0.636 bits per heavy atom. The summed E-state index contributed by atoms with van der Waals surface area (Å²) in [5, 5.41) is 27.1. The number of benzene rings is 4. The average Bonchev–Trinajstić information content (AvgIpc) is 3.60. The Balaban J connectivity index is 1.46. The highest BCUT2D eigenvalue weighted by Crippen LogP contribution is 2.33. The summed E-state index contributed by atoms with van der Waals surface area (Å²) in [6.45, 7) is 1.06. The van der Waals surface area contributed by atoms with E-state index in [9.17, 15) is 10.3 Å².